The Balaban J connectivity index is 1.61. The molecule has 1 unspecified atom stereocenters. The van der Waals surface area contributed by atoms with Crippen LogP contribution in [0.3, 0.4) is 0 Å². The number of nitrogens with zero attached hydrogens (tertiary/aromatic N) is 1. The molecule has 2 aliphatic heterocycles. The number of nitrogens with two attached hydrogens (primary N) is 1. The van der Waals surface area contributed by atoms with Crippen LogP contribution in [-0.2, 0) is 9.47 Å². The van der Waals surface area contributed by atoms with Gasteiger partial charge in [0.25, 0.3) is 0 Å². The molecule has 0 aliphatic carbocycles. The largest absolute Gasteiger partial charge is 0.381 e. The predicted molar refractivity (Wildman–Crippen MR) is 67.0 cm³/mol. The summed E-state index contributed by atoms with van der Waals surface area (Å²) in [5, 5.41) is 3.14. The zero-order valence-corrected chi connectivity index (χ0v) is 10.4. The summed E-state index contributed by atoms with van der Waals surface area (Å²) in [6.45, 7) is 4.20. The molecule has 5 heteroatoms. The average molecular weight is 241 g/mol. The van der Waals surface area contributed by atoms with Crippen molar-refractivity contribution in [2.45, 2.75) is 31.8 Å². The van der Waals surface area contributed by atoms with Gasteiger partial charge in [-0.3, -0.25) is 4.99 Å². The average Bonchev–Trinajstić information content (AvgIpc) is 2.88. The second-order valence-corrected chi connectivity index (χ2v) is 4.80. The Morgan fingerprint density at radius 2 is 2.06 bits per heavy atom. The Bertz CT molecular complexity index is 246. The molecule has 5 nitrogen and oxygen atoms in total. The third-order valence-electron chi connectivity index (χ3n) is 3.40. The van der Waals surface area contributed by atoms with Crippen molar-refractivity contribution in [2.75, 3.05) is 32.9 Å². The summed E-state index contributed by atoms with van der Waals surface area (Å²) in [5.41, 5.74) is 5.82. The quantitative estimate of drug-likeness (QED) is 0.555. The molecule has 0 spiro atoms. The molecule has 0 bridgehead atoms. The Kier molecular flexibility index (Phi) is 5.07. The fourth-order valence-corrected chi connectivity index (χ4v) is 2.24. The molecule has 2 rings (SSSR count). The molecule has 0 radical (unpaired) electrons. The highest BCUT2D eigenvalue weighted by atomic mass is 16.5. The number of hydrogen-bond acceptors (Lipinski definition) is 3. The van der Waals surface area contributed by atoms with E-state index in [1.54, 1.807) is 0 Å². The zero-order chi connectivity index (χ0) is 11.9. The molecule has 0 amide bonds. The number of aliphatic imine (C=N–C) groups is 1. The third kappa shape index (κ3) is 4.52. The molecular formula is C12H23N3O2. The molecular weight excluding hydrogens is 218 g/mol. The number of rotatable bonds is 4. The lowest BCUT2D eigenvalue weighted by atomic mass is 10.0. The normalized spacial score (nSPS) is 27.3. The van der Waals surface area contributed by atoms with E-state index in [1.165, 1.54) is 0 Å². The fourth-order valence-electron chi connectivity index (χ4n) is 2.24. The second kappa shape index (κ2) is 6.81. The Hall–Kier alpha value is -0.810. The topological polar surface area (TPSA) is 68.9 Å². The van der Waals surface area contributed by atoms with Crippen LogP contribution in [-0.4, -0.2) is 45.0 Å². The van der Waals surface area contributed by atoms with Crippen molar-refractivity contribution in [2.24, 2.45) is 16.6 Å². The molecule has 2 fully saturated rings. The van der Waals surface area contributed by atoms with E-state index in [-0.39, 0.29) is 0 Å². The van der Waals surface area contributed by atoms with Crippen LogP contribution in [0.2, 0.25) is 0 Å². The summed E-state index contributed by atoms with van der Waals surface area (Å²) in [6.07, 6.45) is 4.79. The van der Waals surface area contributed by atoms with Crippen molar-refractivity contribution in [3.8, 4) is 0 Å². The van der Waals surface area contributed by atoms with Crippen LogP contribution >= 0.6 is 0 Å². The Morgan fingerprint density at radius 3 is 2.76 bits per heavy atom. The van der Waals surface area contributed by atoms with Gasteiger partial charge in [0.15, 0.2) is 5.96 Å². The van der Waals surface area contributed by atoms with E-state index in [2.05, 4.69) is 10.3 Å². The molecule has 2 aliphatic rings. The van der Waals surface area contributed by atoms with Crippen LogP contribution in [0.5, 0.6) is 0 Å². The molecule has 0 aromatic heterocycles. The van der Waals surface area contributed by atoms with Gasteiger partial charge >= 0.3 is 0 Å². The minimum atomic E-state index is 0.312. The van der Waals surface area contributed by atoms with Gasteiger partial charge in [-0.05, 0) is 31.6 Å². The highest BCUT2D eigenvalue weighted by molar-refractivity contribution is 5.77. The monoisotopic (exact) mass is 241 g/mol. The molecule has 17 heavy (non-hydrogen) atoms. The van der Waals surface area contributed by atoms with E-state index in [0.717, 1.165) is 58.6 Å². The highest BCUT2D eigenvalue weighted by Crippen LogP contribution is 2.14. The van der Waals surface area contributed by atoms with Gasteiger partial charge in [-0.25, -0.2) is 0 Å². The van der Waals surface area contributed by atoms with Crippen molar-refractivity contribution in [3.63, 3.8) is 0 Å². The highest BCUT2D eigenvalue weighted by Gasteiger charge is 2.15. The lowest BCUT2D eigenvalue weighted by Crippen LogP contribution is -2.37. The lowest BCUT2D eigenvalue weighted by Gasteiger charge is -2.20. The first-order chi connectivity index (χ1) is 8.34. The summed E-state index contributed by atoms with van der Waals surface area (Å²) in [7, 11) is 0. The van der Waals surface area contributed by atoms with Crippen LogP contribution < -0.4 is 11.1 Å². The summed E-state index contributed by atoms with van der Waals surface area (Å²) in [6, 6.07) is 0. The van der Waals surface area contributed by atoms with Gasteiger partial charge in [0.2, 0.25) is 0 Å². The van der Waals surface area contributed by atoms with E-state index in [0.29, 0.717) is 18.0 Å². The van der Waals surface area contributed by atoms with Gasteiger partial charge in [-0.15, -0.1) is 0 Å². The minimum absolute atomic E-state index is 0.312. The molecule has 98 valence electrons. The number of hydrogen-bond donors (Lipinski definition) is 2. The summed E-state index contributed by atoms with van der Waals surface area (Å²) in [4.78, 5) is 4.38. The Morgan fingerprint density at radius 1 is 1.24 bits per heavy atom. The van der Waals surface area contributed by atoms with Gasteiger partial charge in [0, 0.05) is 32.9 Å². The molecule has 1 atom stereocenters. The maximum absolute atomic E-state index is 5.82. The minimum Gasteiger partial charge on any atom is -0.381 e. The van der Waals surface area contributed by atoms with E-state index >= 15 is 0 Å². The number of guanidine groups is 1. The SMILES string of the molecule is NC(=NCC1CCOCC1)NCC1CCCO1. The van der Waals surface area contributed by atoms with E-state index in [4.69, 9.17) is 15.2 Å². The van der Waals surface area contributed by atoms with Crippen molar-refractivity contribution < 1.29 is 9.47 Å². The van der Waals surface area contributed by atoms with E-state index in [9.17, 15) is 0 Å². The fraction of sp³-hybridized carbons (Fsp3) is 0.917. The maximum atomic E-state index is 5.82. The van der Waals surface area contributed by atoms with Gasteiger partial charge < -0.3 is 20.5 Å². The van der Waals surface area contributed by atoms with E-state index < -0.39 is 0 Å². The molecule has 0 aromatic carbocycles. The first kappa shape index (κ1) is 12.6. The predicted octanol–water partition coefficient (Wildman–Crippen LogP) is 0.496. The zero-order valence-electron chi connectivity index (χ0n) is 10.4. The van der Waals surface area contributed by atoms with Crippen LogP contribution in [0, 0.1) is 5.92 Å². The van der Waals surface area contributed by atoms with E-state index in [1.807, 2.05) is 0 Å². The Labute approximate surface area is 103 Å². The van der Waals surface area contributed by atoms with Crippen LogP contribution in [0.4, 0.5) is 0 Å². The van der Waals surface area contributed by atoms with Crippen molar-refractivity contribution in [3.05, 3.63) is 0 Å². The van der Waals surface area contributed by atoms with Crippen molar-refractivity contribution >= 4 is 5.96 Å². The smallest absolute Gasteiger partial charge is 0.188 e. The molecule has 0 saturated carbocycles. The summed E-state index contributed by atoms with van der Waals surface area (Å²) >= 11 is 0. The van der Waals surface area contributed by atoms with Gasteiger partial charge in [0.1, 0.15) is 0 Å². The molecule has 0 aromatic rings. The summed E-state index contributed by atoms with van der Waals surface area (Å²) < 4.78 is 10.8. The van der Waals surface area contributed by atoms with Crippen LogP contribution in [0.15, 0.2) is 4.99 Å². The van der Waals surface area contributed by atoms with Gasteiger partial charge in [0.05, 0.1) is 6.10 Å². The van der Waals surface area contributed by atoms with Gasteiger partial charge in [-0.1, -0.05) is 0 Å². The first-order valence-corrected chi connectivity index (χ1v) is 6.58. The number of ether oxygens (including phenoxy) is 2. The van der Waals surface area contributed by atoms with Crippen molar-refractivity contribution in [1.82, 2.24) is 5.32 Å². The summed E-state index contributed by atoms with van der Waals surface area (Å²) in [5.74, 6) is 1.18. The maximum Gasteiger partial charge on any atom is 0.188 e. The molecule has 3 N–H and O–H groups in total. The molecule has 2 heterocycles. The first-order valence-electron chi connectivity index (χ1n) is 6.58. The second-order valence-electron chi connectivity index (χ2n) is 4.80. The van der Waals surface area contributed by atoms with Crippen molar-refractivity contribution in [1.29, 1.82) is 0 Å². The number of nitrogens with one attached hydrogen (secondary N) is 1. The van der Waals surface area contributed by atoms with Crippen LogP contribution in [0.1, 0.15) is 25.7 Å². The third-order valence-corrected chi connectivity index (χ3v) is 3.40. The lowest BCUT2D eigenvalue weighted by molar-refractivity contribution is 0.0689. The standard InChI is InChI=1S/C12H23N3O2/c13-12(15-9-11-2-1-5-17-11)14-8-10-3-6-16-7-4-10/h10-11H,1-9H2,(H3,13,14,15). The molecule has 2 saturated heterocycles. The van der Waals surface area contributed by atoms with Gasteiger partial charge in [-0.2, -0.15) is 0 Å². The van der Waals surface area contributed by atoms with Crippen LogP contribution in [0.25, 0.3) is 0 Å².